The van der Waals surface area contributed by atoms with E-state index in [2.05, 4.69) is 48.3 Å². The summed E-state index contributed by atoms with van der Waals surface area (Å²) in [4.78, 5) is 10.6. The van der Waals surface area contributed by atoms with Gasteiger partial charge >= 0.3 is 0 Å². The van der Waals surface area contributed by atoms with Gasteiger partial charge in [-0.25, -0.2) is 9.97 Å². The molecule has 0 aliphatic carbocycles. The van der Waals surface area contributed by atoms with Crippen LogP contribution in [-0.2, 0) is 0 Å². The monoisotopic (exact) mass is 268 g/mol. The van der Waals surface area contributed by atoms with Crippen LogP contribution in [0.1, 0.15) is 0 Å². The minimum Gasteiger partial charge on any atom is -0.368 e. The molecule has 0 atom stereocenters. The molecule has 0 saturated carbocycles. The fraction of sp³-hybridized carbons (Fsp3) is 0.400. The molecule has 1 aliphatic heterocycles. The molecule has 0 amide bonds. The molecule has 1 aliphatic rings. The van der Waals surface area contributed by atoms with Gasteiger partial charge in [-0.3, -0.25) is 4.90 Å². The molecule has 2 heterocycles. The Labute approximate surface area is 97.5 Å². The summed E-state index contributed by atoms with van der Waals surface area (Å²) in [6.45, 7) is 4.06. The van der Waals surface area contributed by atoms with Gasteiger partial charge in [-0.2, -0.15) is 0 Å². The van der Waals surface area contributed by atoms with Crippen LogP contribution in [0.5, 0.6) is 0 Å². The third-order valence-corrected chi connectivity index (χ3v) is 2.66. The molecule has 4 nitrogen and oxygen atoms in total. The van der Waals surface area contributed by atoms with Gasteiger partial charge in [0.15, 0.2) is 0 Å². The molecule has 1 aromatic heterocycles. The second kappa shape index (κ2) is 5.23. The summed E-state index contributed by atoms with van der Waals surface area (Å²) < 4.78 is 0.761. The van der Waals surface area contributed by atoms with Crippen LogP contribution >= 0.6 is 15.9 Å². The van der Waals surface area contributed by atoms with E-state index in [4.69, 9.17) is 0 Å². The molecule has 0 saturated heterocycles. The number of halogens is 1. The maximum Gasteiger partial charge on any atom is 0.144 e. The zero-order valence-electron chi connectivity index (χ0n) is 8.36. The Balaban J connectivity index is 1.71. The smallest absolute Gasteiger partial charge is 0.144 e. The van der Waals surface area contributed by atoms with E-state index in [1.165, 1.54) is 0 Å². The van der Waals surface area contributed by atoms with Crippen molar-refractivity contribution in [1.29, 1.82) is 0 Å². The number of nitrogens with zero attached hydrogens (tertiary/aromatic N) is 3. The molecule has 0 unspecified atom stereocenters. The topological polar surface area (TPSA) is 41.1 Å². The van der Waals surface area contributed by atoms with Gasteiger partial charge in [-0.15, -0.1) is 0 Å². The summed E-state index contributed by atoms with van der Waals surface area (Å²) in [6, 6.07) is 0. The van der Waals surface area contributed by atoms with Crippen LogP contribution in [0.4, 0.5) is 5.82 Å². The molecule has 1 aromatic rings. The maximum absolute atomic E-state index is 4.19. The van der Waals surface area contributed by atoms with E-state index in [9.17, 15) is 0 Å². The Morgan fingerprint density at radius 1 is 1.27 bits per heavy atom. The van der Waals surface area contributed by atoms with E-state index in [0.29, 0.717) is 0 Å². The average Bonchev–Trinajstić information content (AvgIpc) is 2.74. The number of aromatic nitrogens is 2. The summed E-state index contributed by atoms with van der Waals surface area (Å²) >= 11 is 3.25. The molecule has 0 fully saturated rings. The third-order valence-electron chi connectivity index (χ3n) is 2.25. The van der Waals surface area contributed by atoms with Crippen LogP contribution in [0.15, 0.2) is 29.1 Å². The summed E-state index contributed by atoms with van der Waals surface area (Å²) in [7, 11) is 0. The van der Waals surface area contributed by atoms with Crippen molar-refractivity contribution in [3.8, 4) is 0 Å². The van der Waals surface area contributed by atoms with Crippen LogP contribution in [0, 0.1) is 0 Å². The minimum atomic E-state index is 0.761. The SMILES string of the molecule is Brc1cnc(NCCN2CC=CC2)cn1. The molecule has 0 spiro atoms. The second-order valence-electron chi connectivity index (χ2n) is 3.38. The molecule has 0 aromatic carbocycles. The summed E-state index contributed by atoms with van der Waals surface area (Å²) in [5.41, 5.74) is 0. The molecule has 2 rings (SSSR count). The van der Waals surface area contributed by atoms with E-state index in [1.807, 2.05) is 0 Å². The standard InChI is InChI=1S/C10H13BrN4/c11-9-7-14-10(8-13-9)12-3-6-15-4-1-2-5-15/h1-2,7-8H,3-6H2,(H,12,14). The van der Waals surface area contributed by atoms with Gasteiger partial charge in [0.1, 0.15) is 10.4 Å². The maximum atomic E-state index is 4.19. The van der Waals surface area contributed by atoms with Gasteiger partial charge < -0.3 is 5.32 Å². The first-order valence-electron chi connectivity index (χ1n) is 4.93. The van der Waals surface area contributed by atoms with Gasteiger partial charge in [0.25, 0.3) is 0 Å². The normalized spacial score (nSPS) is 15.8. The van der Waals surface area contributed by atoms with E-state index >= 15 is 0 Å². The number of rotatable bonds is 4. The van der Waals surface area contributed by atoms with Crippen LogP contribution in [0.25, 0.3) is 0 Å². The lowest BCUT2D eigenvalue weighted by molar-refractivity contribution is 0.367. The quantitative estimate of drug-likeness (QED) is 0.841. The highest BCUT2D eigenvalue weighted by atomic mass is 79.9. The Morgan fingerprint density at radius 3 is 2.73 bits per heavy atom. The molecule has 5 heteroatoms. The lowest BCUT2D eigenvalue weighted by atomic mass is 10.5. The van der Waals surface area contributed by atoms with E-state index < -0.39 is 0 Å². The van der Waals surface area contributed by atoms with Gasteiger partial charge in [-0.05, 0) is 15.9 Å². The van der Waals surface area contributed by atoms with Crippen molar-refractivity contribution in [2.45, 2.75) is 0 Å². The van der Waals surface area contributed by atoms with Gasteiger partial charge in [-0.1, -0.05) is 12.2 Å². The third kappa shape index (κ3) is 3.28. The predicted octanol–water partition coefficient (Wildman–Crippen LogP) is 1.52. The van der Waals surface area contributed by atoms with Crippen molar-refractivity contribution in [3.05, 3.63) is 29.1 Å². The molecule has 1 N–H and O–H groups in total. The van der Waals surface area contributed by atoms with Gasteiger partial charge in [0.2, 0.25) is 0 Å². The number of nitrogens with one attached hydrogen (secondary N) is 1. The highest BCUT2D eigenvalue weighted by Gasteiger charge is 2.04. The molecular formula is C10H13BrN4. The minimum absolute atomic E-state index is 0.761. The first-order chi connectivity index (χ1) is 7.34. The first-order valence-corrected chi connectivity index (χ1v) is 5.73. The van der Waals surface area contributed by atoms with E-state index in [1.54, 1.807) is 12.4 Å². The van der Waals surface area contributed by atoms with Crippen LogP contribution in [0.3, 0.4) is 0 Å². The Morgan fingerprint density at radius 2 is 2.07 bits per heavy atom. The Hall–Kier alpha value is -0.940. The Bertz CT molecular complexity index is 328. The summed E-state index contributed by atoms with van der Waals surface area (Å²) in [5.74, 6) is 0.824. The van der Waals surface area contributed by atoms with E-state index in [-0.39, 0.29) is 0 Å². The number of hydrogen-bond donors (Lipinski definition) is 1. The van der Waals surface area contributed by atoms with Crippen molar-refractivity contribution < 1.29 is 0 Å². The van der Waals surface area contributed by atoms with Crippen molar-refractivity contribution in [2.75, 3.05) is 31.5 Å². The predicted molar refractivity (Wildman–Crippen MR) is 63.8 cm³/mol. The van der Waals surface area contributed by atoms with Crippen molar-refractivity contribution in [1.82, 2.24) is 14.9 Å². The Kier molecular flexibility index (Phi) is 3.69. The lowest BCUT2D eigenvalue weighted by Gasteiger charge is -2.14. The van der Waals surface area contributed by atoms with Crippen LogP contribution in [-0.4, -0.2) is 41.0 Å². The van der Waals surface area contributed by atoms with E-state index in [0.717, 1.165) is 36.6 Å². The average molecular weight is 269 g/mol. The molecule has 15 heavy (non-hydrogen) atoms. The number of hydrogen-bond acceptors (Lipinski definition) is 4. The van der Waals surface area contributed by atoms with Gasteiger partial charge in [0, 0.05) is 26.2 Å². The molecular weight excluding hydrogens is 256 g/mol. The highest BCUT2D eigenvalue weighted by Crippen LogP contribution is 2.06. The second-order valence-corrected chi connectivity index (χ2v) is 4.19. The fourth-order valence-electron chi connectivity index (χ4n) is 1.45. The van der Waals surface area contributed by atoms with Crippen molar-refractivity contribution in [3.63, 3.8) is 0 Å². The fourth-order valence-corrected chi connectivity index (χ4v) is 1.65. The highest BCUT2D eigenvalue weighted by molar-refractivity contribution is 9.10. The molecule has 80 valence electrons. The zero-order valence-corrected chi connectivity index (χ0v) is 9.94. The van der Waals surface area contributed by atoms with Crippen molar-refractivity contribution in [2.24, 2.45) is 0 Å². The largest absolute Gasteiger partial charge is 0.368 e. The van der Waals surface area contributed by atoms with Gasteiger partial charge in [0.05, 0.1) is 12.4 Å². The molecule has 0 radical (unpaired) electrons. The summed E-state index contributed by atoms with van der Waals surface area (Å²) in [5, 5.41) is 3.23. The number of anilines is 1. The first kappa shape index (κ1) is 10.6. The van der Waals surface area contributed by atoms with Crippen molar-refractivity contribution >= 4 is 21.7 Å². The van der Waals surface area contributed by atoms with Crippen LogP contribution in [0.2, 0.25) is 0 Å². The zero-order chi connectivity index (χ0) is 10.5. The van der Waals surface area contributed by atoms with Crippen LogP contribution < -0.4 is 5.32 Å². The molecule has 0 bridgehead atoms. The summed E-state index contributed by atoms with van der Waals surface area (Å²) in [6.07, 6.45) is 7.81. The lowest BCUT2D eigenvalue weighted by Crippen LogP contribution is -2.26.